The van der Waals surface area contributed by atoms with Crippen molar-refractivity contribution >= 4 is 34.0 Å². The summed E-state index contributed by atoms with van der Waals surface area (Å²) in [5.74, 6) is 0.905. The summed E-state index contributed by atoms with van der Waals surface area (Å²) < 4.78 is 5.90. The van der Waals surface area contributed by atoms with Crippen molar-refractivity contribution in [2.24, 2.45) is 5.92 Å². The number of ether oxygens (including phenoxy) is 1. The summed E-state index contributed by atoms with van der Waals surface area (Å²) in [6, 6.07) is 11.6. The van der Waals surface area contributed by atoms with Crippen LogP contribution in [0.15, 0.2) is 36.4 Å². The normalized spacial score (nSPS) is 26.1. The smallest absolute Gasteiger partial charge is 0.127 e. The van der Waals surface area contributed by atoms with Crippen molar-refractivity contribution in [3.05, 3.63) is 41.4 Å². The lowest BCUT2D eigenvalue weighted by Gasteiger charge is -2.16. The van der Waals surface area contributed by atoms with E-state index in [1.54, 1.807) is 0 Å². The molecule has 4 heteroatoms. The minimum absolute atomic E-state index is 0.0561. The average molecular weight is 311 g/mol. The van der Waals surface area contributed by atoms with Crippen LogP contribution in [-0.2, 0) is 0 Å². The lowest BCUT2D eigenvalue weighted by atomic mass is 10.1. The standard InChI is InChI=1S/C16H16Cl2O2/c17-11-7-10(15(19)8-11)9-20-16-6-5-14(18)12-3-1-2-4-13(12)16/h1-6,10-11,15,19H,7-9H2/t10-,11-,15+/m0/s1. The Hall–Kier alpha value is -0.960. The molecule has 0 bridgehead atoms. The summed E-state index contributed by atoms with van der Waals surface area (Å²) in [5, 5.41) is 12.7. The van der Waals surface area contributed by atoms with E-state index in [2.05, 4.69) is 0 Å². The molecule has 0 aromatic heterocycles. The zero-order valence-corrected chi connectivity index (χ0v) is 12.4. The third-order valence-electron chi connectivity index (χ3n) is 3.88. The molecule has 2 aromatic rings. The molecule has 2 nitrogen and oxygen atoms in total. The number of benzene rings is 2. The van der Waals surface area contributed by atoms with Crippen molar-refractivity contribution in [3.8, 4) is 5.75 Å². The number of alkyl halides is 1. The van der Waals surface area contributed by atoms with Gasteiger partial charge in [0, 0.05) is 27.1 Å². The van der Waals surface area contributed by atoms with Crippen LogP contribution in [0.1, 0.15) is 12.8 Å². The molecular formula is C16H16Cl2O2. The fraction of sp³-hybridized carbons (Fsp3) is 0.375. The molecule has 3 rings (SSSR count). The molecule has 1 aliphatic carbocycles. The molecular weight excluding hydrogens is 295 g/mol. The van der Waals surface area contributed by atoms with Gasteiger partial charge in [-0.25, -0.2) is 0 Å². The molecule has 0 aliphatic heterocycles. The maximum absolute atomic E-state index is 9.91. The number of rotatable bonds is 3. The van der Waals surface area contributed by atoms with E-state index in [9.17, 15) is 5.11 Å². The van der Waals surface area contributed by atoms with Gasteiger partial charge in [0.25, 0.3) is 0 Å². The Morgan fingerprint density at radius 2 is 1.85 bits per heavy atom. The highest BCUT2D eigenvalue weighted by Crippen LogP contribution is 2.34. The van der Waals surface area contributed by atoms with Crippen molar-refractivity contribution in [1.29, 1.82) is 0 Å². The Labute approximate surface area is 128 Å². The van der Waals surface area contributed by atoms with Crippen LogP contribution in [0.25, 0.3) is 10.8 Å². The van der Waals surface area contributed by atoms with E-state index in [1.165, 1.54) is 0 Å². The van der Waals surface area contributed by atoms with E-state index in [1.807, 2.05) is 36.4 Å². The first kappa shape index (κ1) is 14.0. The van der Waals surface area contributed by atoms with Crippen LogP contribution >= 0.6 is 23.2 Å². The zero-order valence-electron chi connectivity index (χ0n) is 10.9. The van der Waals surface area contributed by atoms with E-state index in [0.29, 0.717) is 13.0 Å². The van der Waals surface area contributed by atoms with Crippen LogP contribution in [0, 0.1) is 5.92 Å². The van der Waals surface area contributed by atoms with Crippen LogP contribution in [-0.4, -0.2) is 23.2 Å². The maximum Gasteiger partial charge on any atom is 0.127 e. The van der Waals surface area contributed by atoms with Crippen molar-refractivity contribution < 1.29 is 9.84 Å². The summed E-state index contributed by atoms with van der Waals surface area (Å²) in [4.78, 5) is 0. The monoisotopic (exact) mass is 310 g/mol. The van der Waals surface area contributed by atoms with Crippen molar-refractivity contribution in [2.45, 2.75) is 24.3 Å². The third kappa shape index (κ3) is 2.73. The molecule has 0 radical (unpaired) electrons. The van der Waals surface area contributed by atoms with Gasteiger partial charge in [0.2, 0.25) is 0 Å². The van der Waals surface area contributed by atoms with Crippen LogP contribution in [0.2, 0.25) is 5.02 Å². The Morgan fingerprint density at radius 1 is 1.10 bits per heavy atom. The van der Waals surface area contributed by atoms with Crippen molar-refractivity contribution in [3.63, 3.8) is 0 Å². The van der Waals surface area contributed by atoms with Gasteiger partial charge >= 0.3 is 0 Å². The Morgan fingerprint density at radius 3 is 2.55 bits per heavy atom. The minimum Gasteiger partial charge on any atom is -0.493 e. The second kappa shape index (κ2) is 5.80. The fourth-order valence-electron chi connectivity index (χ4n) is 2.77. The SMILES string of the molecule is O[C@@H]1C[C@@H](Cl)C[C@H]1COc1ccc(Cl)c2ccccc12. The third-order valence-corrected chi connectivity index (χ3v) is 4.57. The van der Waals surface area contributed by atoms with Gasteiger partial charge in [-0.05, 0) is 25.0 Å². The van der Waals surface area contributed by atoms with E-state index >= 15 is 0 Å². The molecule has 0 heterocycles. The number of aliphatic hydroxyl groups is 1. The van der Waals surface area contributed by atoms with Gasteiger partial charge < -0.3 is 9.84 Å². The highest BCUT2D eigenvalue weighted by Gasteiger charge is 2.32. The quantitative estimate of drug-likeness (QED) is 0.859. The summed E-state index contributed by atoms with van der Waals surface area (Å²) in [7, 11) is 0. The van der Waals surface area contributed by atoms with Crippen LogP contribution < -0.4 is 4.74 Å². The molecule has 2 aromatic carbocycles. The molecule has 1 N–H and O–H groups in total. The van der Waals surface area contributed by atoms with E-state index in [0.717, 1.165) is 28.0 Å². The number of hydrogen-bond donors (Lipinski definition) is 1. The first-order valence-electron chi connectivity index (χ1n) is 6.77. The number of aliphatic hydroxyl groups excluding tert-OH is 1. The predicted molar refractivity (Wildman–Crippen MR) is 82.8 cm³/mol. The first-order valence-corrected chi connectivity index (χ1v) is 7.59. The first-order chi connectivity index (χ1) is 9.65. The predicted octanol–water partition coefficient (Wildman–Crippen LogP) is 4.25. The van der Waals surface area contributed by atoms with Crippen LogP contribution in [0.5, 0.6) is 5.75 Å². The number of hydrogen-bond acceptors (Lipinski definition) is 2. The number of halogens is 2. The van der Waals surface area contributed by atoms with Gasteiger partial charge in [-0.1, -0.05) is 35.9 Å². The lowest BCUT2D eigenvalue weighted by molar-refractivity contribution is 0.0991. The summed E-state index contributed by atoms with van der Waals surface area (Å²) in [6.07, 6.45) is 1.08. The van der Waals surface area contributed by atoms with Crippen LogP contribution in [0.4, 0.5) is 0 Å². The lowest BCUT2D eigenvalue weighted by Crippen LogP contribution is -2.20. The summed E-state index contributed by atoms with van der Waals surface area (Å²) >= 11 is 12.3. The van der Waals surface area contributed by atoms with Crippen molar-refractivity contribution in [1.82, 2.24) is 0 Å². The highest BCUT2D eigenvalue weighted by atomic mass is 35.5. The molecule has 0 spiro atoms. The van der Waals surface area contributed by atoms with E-state index in [4.69, 9.17) is 27.9 Å². The average Bonchev–Trinajstić information content (AvgIpc) is 2.77. The molecule has 1 fully saturated rings. The van der Waals surface area contributed by atoms with E-state index in [-0.39, 0.29) is 17.4 Å². The van der Waals surface area contributed by atoms with Crippen molar-refractivity contribution in [2.75, 3.05) is 6.61 Å². The fourth-order valence-corrected chi connectivity index (χ4v) is 3.41. The molecule has 0 saturated heterocycles. The Bertz CT molecular complexity index is 614. The molecule has 0 amide bonds. The van der Waals surface area contributed by atoms with E-state index < -0.39 is 0 Å². The zero-order chi connectivity index (χ0) is 14.1. The molecule has 3 atom stereocenters. The second-order valence-electron chi connectivity index (χ2n) is 5.30. The number of fused-ring (bicyclic) bond motifs is 1. The molecule has 106 valence electrons. The Kier molecular flexibility index (Phi) is 4.06. The van der Waals surface area contributed by atoms with Gasteiger partial charge in [0.15, 0.2) is 0 Å². The maximum atomic E-state index is 9.91. The van der Waals surface area contributed by atoms with Gasteiger partial charge in [-0.3, -0.25) is 0 Å². The van der Waals surface area contributed by atoms with Gasteiger partial charge in [0.05, 0.1) is 12.7 Å². The second-order valence-corrected chi connectivity index (χ2v) is 6.32. The van der Waals surface area contributed by atoms with Crippen LogP contribution in [0.3, 0.4) is 0 Å². The molecule has 0 unspecified atom stereocenters. The Balaban J connectivity index is 1.80. The highest BCUT2D eigenvalue weighted by molar-refractivity contribution is 6.35. The minimum atomic E-state index is -0.365. The summed E-state index contributed by atoms with van der Waals surface area (Å²) in [5.41, 5.74) is 0. The van der Waals surface area contributed by atoms with Gasteiger partial charge in [0.1, 0.15) is 5.75 Å². The largest absolute Gasteiger partial charge is 0.493 e. The summed E-state index contributed by atoms with van der Waals surface area (Å²) in [6.45, 7) is 0.482. The topological polar surface area (TPSA) is 29.5 Å². The van der Waals surface area contributed by atoms with Gasteiger partial charge in [-0.15, -0.1) is 11.6 Å². The molecule has 20 heavy (non-hydrogen) atoms. The molecule has 1 saturated carbocycles. The van der Waals surface area contributed by atoms with Gasteiger partial charge in [-0.2, -0.15) is 0 Å². The molecule has 1 aliphatic rings.